The van der Waals surface area contributed by atoms with Gasteiger partial charge in [-0.2, -0.15) is 0 Å². The molecule has 0 aliphatic rings. The summed E-state index contributed by atoms with van der Waals surface area (Å²) in [6.07, 6.45) is 0. The molecule has 0 aromatic heterocycles. The predicted molar refractivity (Wildman–Crippen MR) is 78.4 cm³/mol. The van der Waals surface area contributed by atoms with E-state index in [4.69, 9.17) is 0 Å². The van der Waals surface area contributed by atoms with Gasteiger partial charge in [0.1, 0.15) is 6.54 Å². The minimum Gasteiger partial charge on any atom is -0.336 e. The number of rotatable bonds is 5. The van der Waals surface area contributed by atoms with Gasteiger partial charge in [0.15, 0.2) is 6.54 Å². The van der Waals surface area contributed by atoms with Crippen molar-refractivity contribution in [3.63, 3.8) is 0 Å². The third kappa shape index (κ3) is 6.33. The van der Waals surface area contributed by atoms with Crippen LogP contribution in [0.4, 0.5) is 4.79 Å². The Labute approximate surface area is 120 Å². The zero-order chi connectivity index (χ0) is 15.1. The Hall–Kier alpha value is -1.88. The van der Waals surface area contributed by atoms with E-state index in [0.717, 1.165) is 11.4 Å². The topological polar surface area (TPSA) is 62.6 Å². The number of likely N-dealkylation sites (N-methyl/N-ethyl adjacent to an activating group) is 1. The van der Waals surface area contributed by atoms with E-state index in [1.165, 1.54) is 11.1 Å². The first-order valence-corrected chi connectivity index (χ1v) is 6.84. The van der Waals surface area contributed by atoms with Gasteiger partial charge in [-0.15, -0.1) is 0 Å². The molecule has 0 aliphatic heterocycles. The zero-order valence-corrected chi connectivity index (χ0v) is 12.6. The van der Waals surface area contributed by atoms with Crippen molar-refractivity contribution in [3.8, 4) is 0 Å². The summed E-state index contributed by atoms with van der Waals surface area (Å²) in [5.41, 5.74) is 2.39. The summed E-state index contributed by atoms with van der Waals surface area (Å²) in [5.74, 6) is -0.271. The lowest BCUT2D eigenvalue weighted by atomic mass is 10.1. The molecule has 20 heavy (non-hydrogen) atoms. The van der Waals surface area contributed by atoms with E-state index in [-0.39, 0.29) is 18.5 Å². The van der Waals surface area contributed by atoms with Gasteiger partial charge in [0.05, 0.1) is 7.05 Å². The van der Waals surface area contributed by atoms with Crippen molar-refractivity contribution in [2.75, 3.05) is 13.6 Å². The molecule has 3 N–H and O–H groups in total. The Kier molecular flexibility index (Phi) is 6.18. The van der Waals surface area contributed by atoms with Crippen molar-refractivity contribution in [1.29, 1.82) is 0 Å². The highest BCUT2D eigenvalue weighted by molar-refractivity contribution is 5.94. The smallest absolute Gasteiger partial charge is 0.321 e. The minimum absolute atomic E-state index is 0.0143. The molecule has 5 heteroatoms. The van der Waals surface area contributed by atoms with Crippen LogP contribution in [0.1, 0.15) is 25.0 Å². The number of quaternary nitrogens is 1. The average Bonchev–Trinajstić information content (AvgIpc) is 2.30. The number of urea groups is 1. The maximum atomic E-state index is 11.7. The Balaban J connectivity index is 2.38. The fourth-order valence-corrected chi connectivity index (χ4v) is 1.86. The van der Waals surface area contributed by atoms with Crippen LogP contribution in [-0.4, -0.2) is 31.6 Å². The summed E-state index contributed by atoms with van der Waals surface area (Å²) >= 11 is 0. The molecule has 3 amide bonds. The van der Waals surface area contributed by atoms with Crippen LogP contribution in [0, 0.1) is 6.92 Å². The monoisotopic (exact) mass is 278 g/mol. The molecule has 5 nitrogen and oxygen atoms in total. The number of benzene rings is 1. The highest BCUT2D eigenvalue weighted by atomic mass is 16.2. The molecule has 1 rings (SSSR count). The van der Waals surface area contributed by atoms with Crippen molar-refractivity contribution >= 4 is 11.9 Å². The number of carbonyl (C=O) groups excluding carboxylic acids is 2. The molecule has 1 unspecified atom stereocenters. The average molecular weight is 278 g/mol. The quantitative estimate of drug-likeness (QED) is 0.723. The lowest BCUT2D eigenvalue weighted by Gasteiger charge is -2.14. The normalized spacial score (nSPS) is 12.1. The van der Waals surface area contributed by atoms with Crippen molar-refractivity contribution in [2.24, 2.45) is 0 Å². The van der Waals surface area contributed by atoms with E-state index in [2.05, 4.69) is 34.9 Å². The van der Waals surface area contributed by atoms with Crippen LogP contribution >= 0.6 is 0 Å². The summed E-state index contributed by atoms with van der Waals surface area (Å²) in [4.78, 5) is 24.1. The van der Waals surface area contributed by atoms with Gasteiger partial charge in [-0.1, -0.05) is 29.8 Å². The molecule has 0 bridgehead atoms. The van der Waals surface area contributed by atoms with Gasteiger partial charge < -0.3 is 10.2 Å². The maximum absolute atomic E-state index is 11.7. The molecule has 0 saturated heterocycles. The summed E-state index contributed by atoms with van der Waals surface area (Å²) < 4.78 is 0. The van der Waals surface area contributed by atoms with Crippen molar-refractivity contribution < 1.29 is 14.5 Å². The Morgan fingerprint density at radius 1 is 1.20 bits per heavy atom. The molecule has 0 saturated carbocycles. The summed E-state index contributed by atoms with van der Waals surface area (Å²) in [5, 5.41) is 4.95. The van der Waals surface area contributed by atoms with Gasteiger partial charge >= 0.3 is 6.03 Å². The van der Waals surface area contributed by atoms with E-state index in [0.29, 0.717) is 0 Å². The molecule has 1 atom stereocenters. The van der Waals surface area contributed by atoms with Crippen LogP contribution in [0.25, 0.3) is 0 Å². The summed E-state index contributed by atoms with van der Waals surface area (Å²) in [7, 11) is 1.93. The Bertz CT molecular complexity index is 455. The number of amides is 3. The van der Waals surface area contributed by atoms with Crippen LogP contribution < -0.4 is 15.5 Å². The van der Waals surface area contributed by atoms with E-state index in [9.17, 15) is 9.59 Å². The van der Waals surface area contributed by atoms with E-state index >= 15 is 0 Å². The second-order valence-electron chi connectivity index (χ2n) is 5.47. The first kappa shape index (κ1) is 16.2. The van der Waals surface area contributed by atoms with Gasteiger partial charge in [-0.05, 0) is 20.8 Å². The van der Waals surface area contributed by atoms with Crippen LogP contribution in [-0.2, 0) is 11.3 Å². The van der Waals surface area contributed by atoms with E-state index < -0.39 is 6.03 Å². The van der Waals surface area contributed by atoms with Crippen LogP contribution in [0.3, 0.4) is 0 Å². The predicted octanol–water partition coefficient (Wildman–Crippen LogP) is 0.244. The molecule has 0 spiro atoms. The number of hydrogen-bond acceptors (Lipinski definition) is 2. The second kappa shape index (κ2) is 7.65. The van der Waals surface area contributed by atoms with Gasteiger partial charge in [-0.25, -0.2) is 4.79 Å². The minimum atomic E-state index is -0.437. The molecule has 0 heterocycles. The Morgan fingerprint density at radius 2 is 1.80 bits per heavy atom. The molecule has 0 fully saturated rings. The zero-order valence-electron chi connectivity index (χ0n) is 12.6. The SMILES string of the molecule is Cc1ccc(C[NH+](C)CC(=O)NC(=O)NC(C)C)cc1. The lowest BCUT2D eigenvalue weighted by Crippen LogP contribution is -3.09. The molecule has 0 radical (unpaired) electrons. The second-order valence-corrected chi connectivity index (χ2v) is 5.47. The van der Waals surface area contributed by atoms with Crippen molar-refractivity contribution in [1.82, 2.24) is 10.6 Å². The summed E-state index contributed by atoms with van der Waals surface area (Å²) in [6.45, 7) is 6.75. The van der Waals surface area contributed by atoms with Gasteiger partial charge in [0.25, 0.3) is 5.91 Å². The Morgan fingerprint density at radius 3 is 2.35 bits per heavy atom. The van der Waals surface area contributed by atoms with E-state index in [1.54, 1.807) is 0 Å². The standard InChI is InChI=1S/C15H23N3O2/c1-11(2)16-15(20)17-14(19)10-18(4)9-13-7-5-12(3)6-8-13/h5-8,11H,9-10H2,1-4H3,(H2,16,17,19,20)/p+1. The highest BCUT2D eigenvalue weighted by Crippen LogP contribution is 2.00. The van der Waals surface area contributed by atoms with Gasteiger partial charge in [-0.3, -0.25) is 10.1 Å². The lowest BCUT2D eigenvalue weighted by molar-refractivity contribution is -0.885. The number of imide groups is 1. The number of nitrogens with one attached hydrogen (secondary N) is 3. The molecule has 1 aromatic rings. The first-order chi connectivity index (χ1) is 9.36. The van der Waals surface area contributed by atoms with Gasteiger partial charge in [0.2, 0.25) is 0 Å². The number of hydrogen-bond donors (Lipinski definition) is 3. The van der Waals surface area contributed by atoms with Crippen molar-refractivity contribution in [2.45, 2.75) is 33.4 Å². The largest absolute Gasteiger partial charge is 0.336 e. The van der Waals surface area contributed by atoms with E-state index in [1.807, 2.05) is 27.8 Å². The third-order valence-electron chi connectivity index (χ3n) is 2.76. The molecular weight excluding hydrogens is 254 g/mol. The van der Waals surface area contributed by atoms with Crippen LogP contribution in [0.5, 0.6) is 0 Å². The fourth-order valence-electron chi connectivity index (χ4n) is 1.86. The number of carbonyl (C=O) groups is 2. The highest BCUT2D eigenvalue weighted by Gasteiger charge is 2.13. The number of aryl methyl sites for hydroxylation is 1. The fraction of sp³-hybridized carbons (Fsp3) is 0.467. The molecule has 1 aromatic carbocycles. The molecule has 110 valence electrons. The molecular formula is C15H24N3O2+. The first-order valence-electron chi connectivity index (χ1n) is 6.84. The van der Waals surface area contributed by atoms with Crippen molar-refractivity contribution in [3.05, 3.63) is 35.4 Å². The molecule has 0 aliphatic carbocycles. The van der Waals surface area contributed by atoms with Gasteiger partial charge in [0, 0.05) is 11.6 Å². The summed E-state index contributed by atoms with van der Waals surface area (Å²) in [6, 6.07) is 7.80. The van der Waals surface area contributed by atoms with Crippen LogP contribution in [0.2, 0.25) is 0 Å². The van der Waals surface area contributed by atoms with Crippen LogP contribution in [0.15, 0.2) is 24.3 Å². The maximum Gasteiger partial charge on any atom is 0.321 e. The third-order valence-corrected chi connectivity index (χ3v) is 2.76.